The molecule has 1 atom stereocenters. The van der Waals surface area contributed by atoms with Crippen LogP contribution in [-0.2, 0) is 22.7 Å². The molecule has 154 valence electrons. The second-order valence-corrected chi connectivity index (χ2v) is 8.22. The van der Waals surface area contributed by atoms with Gasteiger partial charge in [-0.2, -0.15) is 17.5 Å². The molecule has 0 aliphatic heterocycles. The highest BCUT2D eigenvalue weighted by Gasteiger charge is 2.35. The van der Waals surface area contributed by atoms with Crippen molar-refractivity contribution < 1.29 is 30.4 Å². The van der Waals surface area contributed by atoms with Crippen LogP contribution in [0.4, 0.5) is 17.6 Å². The Morgan fingerprint density at radius 3 is 2.38 bits per heavy atom. The molecule has 29 heavy (non-hydrogen) atoms. The molecule has 0 aliphatic rings. The highest BCUT2D eigenvalue weighted by molar-refractivity contribution is 7.89. The van der Waals surface area contributed by atoms with Crippen molar-refractivity contribution in [1.82, 2.24) is 4.31 Å². The van der Waals surface area contributed by atoms with Crippen molar-refractivity contribution in [2.45, 2.75) is 30.6 Å². The van der Waals surface area contributed by atoms with E-state index < -0.39 is 38.5 Å². The summed E-state index contributed by atoms with van der Waals surface area (Å²) >= 11 is 0. The van der Waals surface area contributed by atoms with Gasteiger partial charge in [-0.3, -0.25) is 0 Å². The summed E-state index contributed by atoms with van der Waals surface area (Å²) in [5, 5.41) is 0. The van der Waals surface area contributed by atoms with Crippen molar-refractivity contribution in [3.63, 3.8) is 0 Å². The van der Waals surface area contributed by atoms with Crippen molar-refractivity contribution in [3.05, 3.63) is 89.6 Å². The summed E-state index contributed by atoms with van der Waals surface area (Å²) in [7, 11) is -4.39. The number of hydrogen-bond donors (Lipinski definition) is 0. The second-order valence-electron chi connectivity index (χ2n) is 6.36. The molecular formula is C20H17F4NO3S. The lowest BCUT2D eigenvalue weighted by Gasteiger charge is -2.28. The molecule has 4 nitrogen and oxygen atoms in total. The molecule has 1 aromatic heterocycles. The fourth-order valence-electron chi connectivity index (χ4n) is 2.91. The summed E-state index contributed by atoms with van der Waals surface area (Å²) in [4.78, 5) is -0.564. The molecule has 0 bridgehead atoms. The van der Waals surface area contributed by atoms with Crippen molar-refractivity contribution in [2.24, 2.45) is 0 Å². The number of sulfonamides is 1. The fraction of sp³-hybridized carbons (Fsp3) is 0.200. The number of nitrogens with zero attached hydrogens (tertiary/aromatic N) is 1. The van der Waals surface area contributed by atoms with Crippen LogP contribution in [0.1, 0.15) is 29.9 Å². The van der Waals surface area contributed by atoms with Gasteiger partial charge >= 0.3 is 6.18 Å². The predicted octanol–water partition coefficient (Wildman–Crippen LogP) is 5.39. The van der Waals surface area contributed by atoms with Gasteiger partial charge < -0.3 is 4.42 Å². The van der Waals surface area contributed by atoms with Crippen molar-refractivity contribution in [2.75, 3.05) is 0 Å². The molecule has 0 saturated carbocycles. The first-order chi connectivity index (χ1) is 13.6. The third kappa shape index (κ3) is 4.51. The largest absolute Gasteiger partial charge is 0.468 e. The van der Waals surface area contributed by atoms with Crippen molar-refractivity contribution in [3.8, 4) is 0 Å². The van der Waals surface area contributed by atoms with E-state index in [1.807, 2.05) is 0 Å². The highest BCUT2D eigenvalue weighted by Crippen LogP contribution is 2.34. The fourth-order valence-corrected chi connectivity index (χ4v) is 4.56. The molecule has 0 amide bonds. The van der Waals surface area contributed by atoms with E-state index in [1.54, 1.807) is 6.07 Å². The number of benzene rings is 2. The van der Waals surface area contributed by atoms with Crippen LogP contribution in [0.25, 0.3) is 0 Å². The van der Waals surface area contributed by atoms with Crippen LogP contribution < -0.4 is 0 Å². The monoisotopic (exact) mass is 427 g/mol. The molecule has 0 spiro atoms. The first-order valence-electron chi connectivity index (χ1n) is 8.56. The molecule has 0 radical (unpaired) electrons. The standard InChI is InChI=1S/C20H17F4NO3S/c1-14(15-6-4-7-16(12-15)20(22,23)24)25(13-17-8-5-11-28-17)29(26,27)19-10-3-2-9-18(19)21/h2-12,14H,13H2,1H3. The van der Waals surface area contributed by atoms with Crippen molar-refractivity contribution >= 4 is 10.0 Å². The lowest BCUT2D eigenvalue weighted by Crippen LogP contribution is -2.33. The maximum absolute atomic E-state index is 14.2. The van der Waals surface area contributed by atoms with Gasteiger partial charge in [-0.1, -0.05) is 24.3 Å². The zero-order valence-corrected chi connectivity index (χ0v) is 16.0. The average molecular weight is 427 g/mol. The number of hydrogen-bond acceptors (Lipinski definition) is 3. The molecule has 3 aromatic rings. The van der Waals surface area contributed by atoms with E-state index in [0.717, 1.165) is 28.6 Å². The Balaban J connectivity index is 2.08. The Morgan fingerprint density at radius 1 is 1.03 bits per heavy atom. The molecule has 9 heteroatoms. The summed E-state index contributed by atoms with van der Waals surface area (Å²) < 4.78 is 86.0. The van der Waals surface area contributed by atoms with Crippen LogP contribution in [0.2, 0.25) is 0 Å². The zero-order valence-electron chi connectivity index (χ0n) is 15.2. The number of rotatable bonds is 6. The maximum atomic E-state index is 14.2. The first kappa shape index (κ1) is 21.1. The molecule has 1 unspecified atom stereocenters. The zero-order chi connectivity index (χ0) is 21.2. The average Bonchev–Trinajstić information content (AvgIpc) is 3.18. The maximum Gasteiger partial charge on any atom is 0.416 e. The summed E-state index contributed by atoms with van der Waals surface area (Å²) in [6.07, 6.45) is -3.23. The minimum Gasteiger partial charge on any atom is -0.468 e. The topological polar surface area (TPSA) is 50.5 Å². The number of alkyl halides is 3. The van der Waals surface area contributed by atoms with Gasteiger partial charge in [0.2, 0.25) is 10.0 Å². The van der Waals surface area contributed by atoms with Crippen molar-refractivity contribution in [1.29, 1.82) is 0 Å². The van der Waals surface area contributed by atoms with Crippen LogP contribution >= 0.6 is 0 Å². The van der Waals surface area contributed by atoms with Gasteiger partial charge in [0, 0.05) is 6.04 Å². The van der Waals surface area contributed by atoms with Crippen LogP contribution in [-0.4, -0.2) is 12.7 Å². The normalized spacial score (nSPS) is 13.6. The van der Waals surface area contributed by atoms with Gasteiger partial charge in [-0.05, 0) is 48.9 Å². The van der Waals surface area contributed by atoms with E-state index >= 15 is 0 Å². The molecule has 0 saturated heterocycles. The van der Waals surface area contributed by atoms with E-state index in [1.165, 1.54) is 43.5 Å². The number of halogens is 4. The summed E-state index contributed by atoms with van der Waals surface area (Å²) in [5.41, 5.74) is -0.783. The quantitative estimate of drug-likeness (QED) is 0.496. The van der Waals surface area contributed by atoms with Gasteiger partial charge in [0.05, 0.1) is 18.4 Å². The van der Waals surface area contributed by atoms with E-state index in [2.05, 4.69) is 0 Å². The minimum absolute atomic E-state index is 0.117. The first-order valence-corrected chi connectivity index (χ1v) is 10.0. The molecule has 1 heterocycles. The Kier molecular flexibility index (Phi) is 5.81. The van der Waals surface area contributed by atoms with E-state index in [4.69, 9.17) is 4.42 Å². The highest BCUT2D eigenvalue weighted by atomic mass is 32.2. The Bertz CT molecular complexity index is 1080. The van der Waals surface area contributed by atoms with Crippen LogP contribution in [0.15, 0.2) is 76.2 Å². The third-order valence-corrected chi connectivity index (χ3v) is 6.39. The SMILES string of the molecule is CC(c1cccc(C(F)(F)F)c1)N(Cc1ccco1)S(=O)(=O)c1ccccc1F. The lowest BCUT2D eigenvalue weighted by atomic mass is 10.0. The van der Waals surface area contributed by atoms with Crippen LogP contribution in [0.5, 0.6) is 0 Å². The van der Waals surface area contributed by atoms with Gasteiger partial charge in [-0.15, -0.1) is 0 Å². The van der Waals surface area contributed by atoms with Crippen LogP contribution in [0.3, 0.4) is 0 Å². The van der Waals surface area contributed by atoms with Gasteiger partial charge in [0.15, 0.2) is 0 Å². The molecule has 0 fully saturated rings. The minimum atomic E-state index is -4.58. The van der Waals surface area contributed by atoms with E-state index in [9.17, 15) is 26.0 Å². The molecule has 2 aromatic carbocycles. The molecule has 0 N–H and O–H groups in total. The second kappa shape index (κ2) is 8.00. The summed E-state index contributed by atoms with van der Waals surface area (Å²) in [5.74, 6) is -0.683. The van der Waals surface area contributed by atoms with Gasteiger partial charge in [-0.25, -0.2) is 12.8 Å². The van der Waals surface area contributed by atoms with Gasteiger partial charge in [0.25, 0.3) is 0 Å². The lowest BCUT2D eigenvalue weighted by molar-refractivity contribution is -0.137. The van der Waals surface area contributed by atoms with E-state index in [0.29, 0.717) is 0 Å². The molecule has 3 rings (SSSR count). The predicted molar refractivity (Wildman–Crippen MR) is 97.7 cm³/mol. The smallest absolute Gasteiger partial charge is 0.416 e. The number of furan rings is 1. The van der Waals surface area contributed by atoms with Gasteiger partial charge in [0.1, 0.15) is 16.5 Å². The van der Waals surface area contributed by atoms with E-state index in [-0.39, 0.29) is 17.9 Å². The third-order valence-electron chi connectivity index (χ3n) is 4.44. The summed E-state index contributed by atoms with van der Waals surface area (Å²) in [6, 6.07) is 11.3. The Hall–Kier alpha value is -2.65. The molecular weight excluding hydrogens is 410 g/mol. The summed E-state index contributed by atoms with van der Waals surface area (Å²) in [6.45, 7) is 1.16. The van der Waals surface area contributed by atoms with Crippen LogP contribution in [0, 0.1) is 5.82 Å². The molecule has 0 aliphatic carbocycles. The Labute approximate surface area is 165 Å². The Morgan fingerprint density at radius 2 is 1.76 bits per heavy atom.